The summed E-state index contributed by atoms with van der Waals surface area (Å²) in [6, 6.07) is 3.58. The summed E-state index contributed by atoms with van der Waals surface area (Å²) in [5.74, 6) is 1.88. The van der Waals surface area contributed by atoms with E-state index in [0.29, 0.717) is 37.1 Å². The van der Waals surface area contributed by atoms with Crippen LogP contribution in [-0.2, 0) is 11.3 Å². The van der Waals surface area contributed by atoms with Gasteiger partial charge in [-0.25, -0.2) is 0 Å². The van der Waals surface area contributed by atoms with Gasteiger partial charge in [0.1, 0.15) is 6.61 Å². The number of piperidine rings is 1. The molecule has 0 unspecified atom stereocenters. The number of nitrogens with zero attached hydrogens (tertiary/aromatic N) is 4. The van der Waals surface area contributed by atoms with Gasteiger partial charge in [-0.05, 0) is 37.8 Å². The number of aromatic nitrogens is 3. The first kappa shape index (κ1) is 15.3. The van der Waals surface area contributed by atoms with Crippen molar-refractivity contribution in [3.8, 4) is 0 Å². The molecule has 0 bridgehead atoms. The van der Waals surface area contributed by atoms with Crippen molar-refractivity contribution >= 4 is 5.91 Å². The fourth-order valence-electron chi connectivity index (χ4n) is 2.92. The molecule has 2 aromatic rings. The highest BCUT2D eigenvalue weighted by Gasteiger charge is 2.29. The van der Waals surface area contributed by atoms with Crippen LogP contribution in [0.5, 0.6) is 0 Å². The summed E-state index contributed by atoms with van der Waals surface area (Å²) in [4.78, 5) is 22.6. The van der Waals surface area contributed by atoms with Crippen molar-refractivity contribution < 1.29 is 14.1 Å². The largest absolute Gasteiger partial charge is 0.368 e. The summed E-state index contributed by atoms with van der Waals surface area (Å²) < 4.78 is 11.1. The van der Waals surface area contributed by atoms with Gasteiger partial charge in [0.05, 0.1) is 11.7 Å². The predicted octanol–water partition coefficient (Wildman–Crippen LogP) is 2.16. The summed E-state index contributed by atoms with van der Waals surface area (Å²) in [5, 5.41) is 3.99. The van der Waals surface area contributed by atoms with Gasteiger partial charge in [-0.3, -0.25) is 9.78 Å². The van der Waals surface area contributed by atoms with E-state index in [-0.39, 0.29) is 12.0 Å². The monoisotopic (exact) mass is 328 g/mol. The van der Waals surface area contributed by atoms with E-state index in [1.165, 1.54) is 0 Å². The first-order valence-corrected chi connectivity index (χ1v) is 8.43. The normalized spacial score (nSPS) is 18.8. The Bertz CT molecular complexity index is 691. The van der Waals surface area contributed by atoms with Crippen LogP contribution in [0.4, 0.5) is 0 Å². The number of ether oxygens (including phenoxy) is 1. The minimum Gasteiger partial charge on any atom is -0.368 e. The Hall–Kier alpha value is -2.28. The number of likely N-dealkylation sites (tertiary alicyclic amines) is 1. The molecule has 1 saturated carbocycles. The number of pyridine rings is 1. The molecule has 2 aromatic heterocycles. The molecular weight excluding hydrogens is 308 g/mol. The van der Waals surface area contributed by atoms with Gasteiger partial charge in [0, 0.05) is 31.4 Å². The number of hydrogen-bond donors (Lipinski definition) is 0. The van der Waals surface area contributed by atoms with Gasteiger partial charge < -0.3 is 14.2 Å². The van der Waals surface area contributed by atoms with E-state index in [4.69, 9.17) is 9.26 Å². The second-order valence-electron chi connectivity index (χ2n) is 6.36. The minimum absolute atomic E-state index is 0.0347. The molecule has 4 rings (SSSR count). The van der Waals surface area contributed by atoms with Gasteiger partial charge in [-0.1, -0.05) is 5.16 Å². The van der Waals surface area contributed by atoms with Crippen LogP contribution in [0.15, 0.2) is 29.0 Å². The van der Waals surface area contributed by atoms with Crippen molar-refractivity contribution in [2.75, 3.05) is 13.1 Å². The van der Waals surface area contributed by atoms with E-state index in [1.54, 1.807) is 24.5 Å². The summed E-state index contributed by atoms with van der Waals surface area (Å²) >= 11 is 0. The molecule has 126 valence electrons. The third-order valence-electron chi connectivity index (χ3n) is 4.51. The van der Waals surface area contributed by atoms with Crippen LogP contribution in [0.2, 0.25) is 0 Å². The standard InChI is InChI=1S/C17H20N4O3/c22-17(13-2-1-7-18-10-13)21-8-5-14(6-9-21)23-11-15-19-16(20-24-15)12-3-4-12/h1-2,7,10,12,14H,3-6,8-9,11H2. The lowest BCUT2D eigenvalue weighted by Crippen LogP contribution is -2.40. The van der Waals surface area contributed by atoms with E-state index in [2.05, 4.69) is 15.1 Å². The maximum Gasteiger partial charge on any atom is 0.255 e. The van der Waals surface area contributed by atoms with E-state index in [9.17, 15) is 4.79 Å². The molecule has 0 atom stereocenters. The van der Waals surface area contributed by atoms with Gasteiger partial charge in [0.2, 0.25) is 0 Å². The molecule has 3 heterocycles. The SMILES string of the molecule is O=C(c1cccnc1)N1CCC(OCc2nc(C3CC3)no2)CC1. The summed E-state index contributed by atoms with van der Waals surface area (Å²) in [7, 11) is 0. The Morgan fingerprint density at radius 3 is 2.83 bits per heavy atom. The highest BCUT2D eigenvalue weighted by molar-refractivity contribution is 5.93. The van der Waals surface area contributed by atoms with Crippen LogP contribution in [0, 0.1) is 0 Å². The Morgan fingerprint density at radius 2 is 2.12 bits per heavy atom. The summed E-state index contributed by atoms with van der Waals surface area (Å²) in [6.07, 6.45) is 7.35. The van der Waals surface area contributed by atoms with Gasteiger partial charge in [0.15, 0.2) is 5.82 Å². The maximum atomic E-state index is 12.4. The number of carbonyl (C=O) groups excluding carboxylic acids is 1. The van der Waals surface area contributed by atoms with Crippen LogP contribution >= 0.6 is 0 Å². The van der Waals surface area contributed by atoms with Gasteiger partial charge in [-0.15, -0.1) is 0 Å². The number of hydrogen-bond acceptors (Lipinski definition) is 6. The number of carbonyl (C=O) groups is 1. The molecule has 1 saturated heterocycles. The van der Waals surface area contributed by atoms with E-state index >= 15 is 0 Å². The molecular formula is C17H20N4O3. The molecule has 1 aliphatic carbocycles. The molecule has 1 aliphatic heterocycles. The van der Waals surface area contributed by atoms with Gasteiger partial charge in [0.25, 0.3) is 11.8 Å². The summed E-state index contributed by atoms with van der Waals surface area (Å²) in [5.41, 5.74) is 0.635. The predicted molar refractivity (Wildman–Crippen MR) is 84.2 cm³/mol. The zero-order valence-corrected chi connectivity index (χ0v) is 13.4. The Labute approximate surface area is 140 Å². The van der Waals surface area contributed by atoms with Crippen molar-refractivity contribution in [3.05, 3.63) is 41.8 Å². The lowest BCUT2D eigenvalue weighted by molar-refractivity contribution is -0.00978. The fourth-order valence-corrected chi connectivity index (χ4v) is 2.92. The Morgan fingerprint density at radius 1 is 1.29 bits per heavy atom. The average Bonchev–Trinajstić information content (AvgIpc) is 3.39. The topological polar surface area (TPSA) is 81.4 Å². The lowest BCUT2D eigenvalue weighted by atomic mass is 10.1. The molecule has 0 spiro atoms. The first-order chi connectivity index (χ1) is 11.8. The summed E-state index contributed by atoms with van der Waals surface area (Å²) in [6.45, 7) is 1.73. The molecule has 0 aromatic carbocycles. The van der Waals surface area contributed by atoms with Crippen LogP contribution in [0.25, 0.3) is 0 Å². The van der Waals surface area contributed by atoms with Crippen LogP contribution in [-0.4, -0.2) is 45.1 Å². The molecule has 2 aliphatic rings. The molecule has 0 radical (unpaired) electrons. The third kappa shape index (κ3) is 3.46. The van der Waals surface area contributed by atoms with E-state index in [1.807, 2.05) is 4.90 Å². The van der Waals surface area contributed by atoms with E-state index in [0.717, 1.165) is 31.5 Å². The highest BCUT2D eigenvalue weighted by Crippen LogP contribution is 2.38. The first-order valence-electron chi connectivity index (χ1n) is 8.43. The third-order valence-corrected chi connectivity index (χ3v) is 4.51. The van der Waals surface area contributed by atoms with Gasteiger partial charge >= 0.3 is 0 Å². The average molecular weight is 328 g/mol. The Kier molecular flexibility index (Phi) is 4.25. The zero-order valence-electron chi connectivity index (χ0n) is 13.4. The highest BCUT2D eigenvalue weighted by atomic mass is 16.5. The Balaban J connectivity index is 1.24. The van der Waals surface area contributed by atoms with Crippen molar-refractivity contribution in [1.82, 2.24) is 20.0 Å². The van der Waals surface area contributed by atoms with Gasteiger partial charge in [-0.2, -0.15) is 4.98 Å². The second-order valence-corrected chi connectivity index (χ2v) is 6.36. The van der Waals surface area contributed by atoms with Crippen LogP contribution < -0.4 is 0 Å². The van der Waals surface area contributed by atoms with Crippen molar-refractivity contribution in [1.29, 1.82) is 0 Å². The zero-order chi connectivity index (χ0) is 16.4. The lowest BCUT2D eigenvalue weighted by Gasteiger charge is -2.31. The van der Waals surface area contributed by atoms with Crippen molar-refractivity contribution in [3.63, 3.8) is 0 Å². The smallest absolute Gasteiger partial charge is 0.255 e. The van der Waals surface area contributed by atoms with E-state index < -0.39 is 0 Å². The minimum atomic E-state index is 0.0347. The molecule has 7 heteroatoms. The molecule has 2 fully saturated rings. The quantitative estimate of drug-likeness (QED) is 0.836. The second kappa shape index (κ2) is 6.68. The molecule has 1 amide bonds. The van der Waals surface area contributed by atoms with Crippen LogP contribution in [0.1, 0.15) is 53.7 Å². The maximum absolute atomic E-state index is 12.4. The van der Waals surface area contributed by atoms with Crippen molar-refractivity contribution in [2.24, 2.45) is 0 Å². The molecule has 7 nitrogen and oxygen atoms in total. The molecule has 0 N–H and O–H groups in total. The van der Waals surface area contributed by atoms with Crippen LogP contribution in [0.3, 0.4) is 0 Å². The molecule has 24 heavy (non-hydrogen) atoms. The number of amides is 1. The fraction of sp³-hybridized carbons (Fsp3) is 0.529. The van der Waals surface area contributed by atoms with Crippen molar-refractivity contribution in [2.45, 2.75) is 44.3 Å². The number of rotatable bonds is 5.